The van der Waals surface area contributed by atoms with E-state index in [-0.39, 0.29) is 16.7 Å². The van der Waals surface area contributed by atoms with E-state index in [1.807, 2.05) is 4.98 Å². The predicted octanol–water partition coefficient (Wildman–Crippen LogP) is 13.9. The molecule has 0 aliphatic carbocycles. The molecule has 5 heterocycles. The van der Waals surface area contributed by atoms with Gasteiger partial charge in [-0.15, -0.1) is 0 Å². The number of nitrogens with one attached hydrogen (secondary N) is 2. The lowest BCUT2D eigenvalue weighted by atomic mass is 9.89. The Kier molecular flexibility index (Phi) is 10.6. The Hall–Kier alpha value is -7.92. The van der Waals surface area contributed by atoms with Crippen molar-refractivity contribution >= 4 is 45.9 Å². The van der Waals surface area contributed by atoms with Crippen LogP contribution >= 0.6 is 0 Å². The van der Waals surface area contributed by atoms with Crippen LogP contribution in [0.4, 0.5) is 87.8 Å². The standard InChI is InChI=1S/C44H10F20N4/c45-23-16(24(46)32(54)39(61)31(23)53)14-7-13-6-11-2-1-9(65-11)5-10-3-4-12(66-10)8-15-17(19-25(47)33(55)40(62)34(56)26(19)48)18(20-27(49)35(57)41(63)36(58)28(20)50)44(68-15)22(43(14)67-13)21-29(51)37(59)42(64)38(60)30(21)52/h1-8,65,68H. The molecule has 346 valence electrons. The monoisotopic (exact) mass is 974 g/mol. The molecule has 3 aromatic heterocycles. The second-order valence-electron chi connectivity index (χ2n) is 14.4. The lowest BCUT2D eigenvalue weighted by Gasteiger charge is -2.16. The van der Waals surface area contributed by atoms with Gasteiger partial charge in [0.1, 0.15) is 0 Å². The molecular formula is C44H10F20N4. The summed E-state index contributed by atoms with van der Waals surface area (Å²) >= 11 is 0. The van der Waals surface area contributed by atoms with Crippen molar-refractivity contribution in [2.45, 2.75) is 0 Å². The number of benzene rings is 4. The number of hydrogen-bond acceptors (Lipinski definition) is 2. The van der Waals surface area contributed by atoms with E-state index in [4.69, 9.17) is 0 Å². The van der Waals surface area contributed by atoms with Gasteiger partial charge < -0.3 is 9.97 Å². The average molecular weight is 975 g/mol. The highest BCUT2D eigenvalue weighted by molar-refractivity contribution is 6.11. The van der Waals surface area contributed by atoms with Crippen LogP contribution in [0, 0.1) is 116 Å². The summed E-state index contributed by atoms with van der Waals surface area (Å²) in [6.07, 6.45) is 2.52. The molecule has 0 amide bonds. The number of rotatable bonds is 4. The fourth-order valence-corrected chi connectivity index (χ4v) is 7.51. The zero-order chi connectivity index (χ0) is 49.3. The molecule has 0 spiro atoms. The molecule has 68 heavy (non-hydrogen) atoms. The van der Waals surface area contributed by atoms with Crippen LogP contribution in [0.3, 0.4) is 0 Å². The Morgan fingerprint density at radius 2 is 0.632 bits per heavy atom. The summed E-state index contributed by atoms with van der Waals surface area (Å²) in [5.74, 6) is -58.8. The van der Waals surface area contributed by atoms with E-state index in [0.717, 1.165) is 12.1 Å². The van der Waals surface area contributed by atoms with Crippen LogP contribution in [-0.4, -0.2) is 19.9 Å². The van der Waals surface area contributed by atoms with Crippen molar-refractivity contribution in [2.75, 3.05) is 0 Å². The smallest absolute Gasteiger partial charge is 0.200 e. The maximum absolute atomic E-state index is 16.4. The van der Waals surface area contributed by atoms with E-state index in [9.17, 15) is 26.3 Å². The summed E-state index contributed by atoms with van der Waals surface area (Å²) in [6.45, 7) is 0. The summed E-state index contributed by atoms with van der Waals surface area (Å²) in [7, 11) is 0. The van der Waals surface area contributed by atoms with Crippen molar-refractivity contribution in [3.8, 4) is 33.4 Å². The molecule has 4 nitrogen and oxygen atoms in total. The molecule has 2 aliphatic heterocycles. The van der Waals surface area contributed by atoms with Crippen molar-refractivity contribution in [1.82, 2.24) is 19.9 Å². The summed E-state index contributed by atoms with van der Waals surface area (Å²) < 4.78 is 310. The van der Waals surface area contributed by atoms with Gasteiger partial charge >= 0.3 is 0 Å². The molecule has 0 atom stereocenters. The van der Waals surface area contributed by atoms with Crippen LogP contribution in [0.15, 0.2) is 30.3 Å². The topological polar surface area (TPSA) is 57.4 Å². The van der Waals surface area contributed by atoms with Gasteiger partial charge in [-0.05, 0) is 48.6 Å². The van der Waals surface area contributed by atoms with E-state index in [2.05, 4.69) is 15.0 Å². The Morgan fingerprint density at radius 1 is 0.294 bits per heavy atom. The van der Waals surface area contributed by atoms with Gasteiger partial charge in [0.05, 0.1) is 50.5 Å². The zero-order valence-electron chi connectivity index (χ0n) is 32.1. The highest BCUT2D eigenvalue weighted by Crippen LogP contribution is 2.51. The van der Waals surface area contributed by atoms with Gasteiger partial charge in [-0.25, -0.2) is 97.8 Å². The first kappa shape index (κ1) is 45.2. The van der Waals surface area contributed by atoms with Crippen LogP contribution in [0.25, 0.3) is 79.2 Å². The molecule has 9 rings (SSSR count). The molecular weight excluding hydrogens is 964 g/mol. The highest BCUT2D eigenvalue weighted by Gasteiger charge is 2.39. The molecule has 2 aliphatic rings. The number of nitrogens with zero attached hydrogens (tertiary/aromatic N) is 2. The van der Waals surface area contributed by atoms with Crippen LogP contribution in [-0.2, 0) is 0 Å². The van der Waals surface area contributed by atoms with E-state index in [1.165, 1.54) is 24.3 Å². The van der Waals surface area contributed by atoms with E-state index >= 15 is 61.5 Å². The largest absolute Gasteiger partial charge is 0.355 e. The fourth-order valence-electron chi connectivity index (χ4n) is 7.51. The molecule has 2 N–H and O–H groups in total. The number of aromatic nitrogens is 4. The van der Waals surface area contributed by atoms with Gasteiger partial charge in [0, 0.05) is 38.8 Å². The van der Waals surface area contributed by atoms with E-state index in [1.54, 1.807) is 0 Å². The molecule has 24 heteroatoms. The second kappa shape index (κ2) is 15.9. The van der Waals surface area contributed by atoms with Crippen molar-refractivity contribution in [3.05, 3.63) is 175 Å². The minimum atomic E-state index is -3.05. The highest BCUT2D eigenvalue weighted by atomic mass is 19.2. The first-order chi connectivity index (χ1) is 32.0. The Labute approximate surface area is 361 Å². The molecule has 7 aromatic rings. The molecule has 4 aromatic carbocycles. The third kappa shape index (κ3) is 6.54. The number of H-pyrrole nitrogens is 2. The summed E-state index contributed by atoms with van der Waals surface area (Å²) in [6, 6.07) is 5.11. The maximum Gasteiger partial charge on any atom is 0.200 e. The van der Waals surface area contributed by atoms with Gasteiger partial charge in [-0.1, -0.05) is 0 Å². The first-order valence-electron chi connectivity index (χ1n) is 18.3. The van der Waals surface area contributed by atoms with Gasteiger partial charge in [0.2, 0.25) is 23.3 Å². The molecule has 0 fully saturated rings. The molecule has 0 radical (unpaired) electrons. The Balaban J connectivity index is 1.70. The quantitative estimate of drug-likeness (QED) is 0.105. The van der Waals surface area contributed by atoms with Crippen molar-refractivity contribution < 1.29 is 87.8 Å². The fraction of sp³-hybridized carbons (Fsp3) is 0. The Bertz CT molecular complexity index is 3590. The summed E-state index contributed by atoms with van der Waals surface area (Å²) in [4.78, 5) is 12.7. The predicted molar refractivity (Wildman–Crippen MR) is 199 cm³/mol. The van der Waals surface area contributed by atoms with Crippen LogP contribution in [0.2, 0.25) is 0 Å². The third-order valence-corrected chi connectivity index (χ3v) is 10.5. The lowest BCUT2D eigenvalue weighted by molar-refractivity contribution is 0.376. The van der Waals surface area contributed by atoms with Crippen molar-refractivity contribution in [3.63, 3.8) is 0 Å². The van der Waals surface area contributed by atoms with E-state index in [0.29, 0.717) is 12.1 Å². The number of hydrogen-bond donors (Lipinski definition) is 2. The second-order valence-corrected chi connectivity index (χ2v) is 14.4. The third-order valence-electron chi connectivity index (χ3n) is 10.5. The van der Waals surface area contributed by atoms with Crippen LogP contribution in [0.5, 0.6) is 0 Å². The van der Waals surface area contributed by atoms with Gasteiger partial charge in [0.15, 0.2) is 93.1 Å². The van der Waals surface area contributed by atoms with Gasteiger partial charge in [0.25, 0.3) is 0 Å². The molecule has 8 bridgehead atoms. The zero-order valence-corrected chi connectivity index (χ0v) is 32.1. The normalized spacial score (nSPS) is 12.4. The molecule has 0 saturated carbocycles. The van der Waals surface area contributed by atoms with Crippen LogP contribution in [0.1, 0.15) is 28.3 Å². The number of halogens is 20. The SMILES string of the molecule is Fc1c(F)c(F)c(C2=Cc3cc4ccc(cc5nc(cc6[nH]c(c(-c7c(F)c(F)c(F)c(F)c7F)c2n3)c(-c2c(F)c(F)c(F)c(F)c2F)c6-c2c(F)c(F)c(F)c(F)c2F)C=C5)[nH]4)c(F)c1F. The lowest BCUT2D eigenvalue weighted by Crippen LogP contribution is -2.09. The molecule has 0 saturated heterocycles. The summed E-state index contributed by atoms with van der Waals surface area (Å²) in [5.41, 5.74) is -24.0. The maximum atomic E-state index is 16.4. The van der Waals surface area contributed by atoms with Crippen molar-refractivity contribution in [1.29, 1.82) is 0 Å². The molecule has 0 unspecified atom stereocenters. The first-order valence-corrected chi connectivity index (χ1v) is 18.3. The Morgan fingerprint density at radius 3 is 1.06 bits per heavy atom. The van der Waals surface area contributed by atoms with Gasteiger partial charge in [-0.3, -0.25) is 0 Å². The number of fused-ring (bicyclic) bond motifs is 8. The average Bonchev–Trinajstić information content (AvgIpc) is 4.13. The minimum absolute atomic E-state index is 0.0720. The van der Waals surface area contributed by atoms with Crippen LogP contribution < -0.4 is 0 Å². The van der Waals surface area contributed by atoms with Crippen molar-refractivity contribution in [2.24, 2.45) is 0 Å². The summed E-state index contributed by atoms with van der Waals surface area (Å²) in [5, 5.41) is 0. The van der Waals surface area contributed by atoms with Gasteiger partial charge in [-0.2, -0.15) is 0 Å². The number of aromatic amines is 2. The minimum Gasteiger partial charge on any atom is -0.355 e. The van der Waals surface area contributed by atoms with E-state index < -0.39 is 189 Å².